The van der Waals surface area contributed by atoms with E-state index in [9.17, 15) is 4.79 Å². The third-order valence-electron chi connectivity index (χ3n) is 7.20. The number of carbonyl (C=O) groups excluding carboxylic acids is 1. The van der Waals surface area contributed by atoms with Crippen LogP contribution in [0.25, 0.3) is 33.2 Å². The lowest BCUT2D eigenvalue weighted by atomic mass is 9.93. The molecule has 0 radical (unpaired) electrons. The van der Waals surface area contributed by atoms with Crippen LogP contribution in [0.15, 0.2) is 59.1 Å². The Labute approximate surface area is 209 Å². The number of anilines is 1. The molecule has 0 bridgehead atoms. The number of rotatable bonds is 6. The molecule has 0 atom stereocenters. The fourth-order valence-electron chi connectivity index (χ4n) is 5.44. The molecule has 3 heterocycles. The zero-order valence-electron chi connectivity index (χ0n) is 20.4. The van der Waals surface area contributed by atoms with Gasteiger partial charge in [-0.05, 0) is 50.7 Å². The van der Waals surface area contributed by atoms with Crippen LogP contribution in [0, 0.1) is 6.92 Å². The smallest absolute Gasteiger partial charge is 0.257 e. The first kappa shape index (κ1) is 22.3. The molecule has 1 amide bonds. The van der Waals surface area contributed by atoms with E-state index in [0.29, 0.717) is 23.6 Å². The summed E-state index contributed by atoms with van der Waals surface area (Å²) in [5.41, 5.74) is 13.9. The first-order chi connectivity index (χ1) is 17.6. The molecule has 2 aromatic carbocycles. The quantitative estimate of drug-likeness (QED) is 0.316. The molecule has 6 rings (SSSR count). The molecule has 1 aliphatic rings. The predicted molar refractivity (Wildman–Crippen MR) is 142 cm³/mol. The number of pyridine rings is 1. The van der Waals surface area contributed by atoms with Crippen LogP contribution in [-0.2, 0) is 19.4 Å². The average Bonchev–Trinajstić information content (AvgIpc) is 3.45. The van der Waals surface area contributed by atoms with E-state index in [1.807, 2.05) is 30.3 Å². The van der Waals surface area contributed by atoms with E-state index in [1.54, 1.807) is 6.92 Å². The number of nitrogens with one attached hydrogen (secondary N) is 1. The van der Waals surface area contributed by atoms with Crippen LogP contribution in [0.3, 0.4) is 0 Å². The van der Waals surface area contributed by atoms with Gasteiger partial charge >= 0.3 is 0 Å². The Hall–Kier alpha value is -4.13. The van der Waals surface area contributed by atoms with Gasteiger partial charge in [0.1, 0.15) is 22.7 Å². The lowest BCUT2D eigenvalue weighted by Gasteiger charge is -2.18. The maximum absolute atomic E-state index is 13.1. The molecule has 0 aliphatic heterocycles. The molecule has 3 N–H and O–H groups in total. The number of nitrogens with two attached hydrogens (primary N) is 1. The summed E-state index contributed by atoms with van der Waals surface area (Å²) in [6.45, 7) is 3.01. The van der Waals surface area contributed by atoms with Crippen molar-refractivity contribution >= 4 is 33.5 Å². The number of nitrogens with zero attached hydrogens (tertiary/aromatic N) is 3. The number of para-hydroxylation sites is 1. The van der Waals surface area contributed by atoms with Crippen LogP contribution in [0.2, 0.25) is 0 Å². The van der Waals surface area contributed by atoms with Crippen molar-refractivity contribution in [2.45, 2.75) is 45.6 Å². The number of nitrogen functional groups attached to an aromatic ring is 1. The molecule has 0 spiro atoms. The molecule has 5 aromatic rings. The van der Waals surface area contributed by atoms with Gasteiger partial charge in [0.2, 0.25) is 0 Å². The summed E-state index contributed by atoms with van der Waals surface area (Å²) < 4.78 is 7.61. The number of amides is 1. The van der Waals surface area contributed by atoms with Crippen molar-refractivity contribution in [2.24, 2.45) is 0 Å². The highest BCUT2D eigenvalue weighted by Crippen LogP contribution is 2.37. The number of carbonyl (C=O) groups is 1. The van der Waals surface area contributed by atoms with Crippen LogP contribution >= 0.6 is 0 Å². The molecule has 0 saturated heterocycles. The lowest BCUT2D eigenvalue weighted by Crippen LogP contribution is -2.26. The van der Waals surface area contributed by atoms with Gasteiger partial charge in [-0.3, -0.25) is 4.79 Å². The van der Waals surface area contributed by atoms with E-state index in [4.69, 9.17) is 15.2 Å². The fourth-order valence-corrected chi connectivity index (χ4v) is 5.44. The molecule has 7 heteroatoms. The van der Waals surface area contributed by atoms with Crippen LogP contribution in [0.1, 0.15) is 46.6 Å². The number of aromatic nitrogens is 3. The Kier molecular flexibility index (Phi) is 5.68. The van der Waals surface area contributed by atoms with Crippen molar-refractivity contribution in [1.82, 2.24) is 20.0 Å². The van der Waals surface area contributed by atoms with Gasteiger partial charge in [0, 0.05) is 35.4 Å². The zero-order valence-corrected chi connectivity index (χ0v) is 20.4. The first-order valence-electron chi connectivity index (χ1n) is 12.6. The van der Waals surface area contributed by atoms with E-state index in [2.05, 4.69) is 39.3 Å². The molecule has 1 aliphatic carbocycles. The Morgan fingerprint density at radius 3 is 2.72 bits per heavy atom. The molecule has 0 unspecified atom stereocenters. The van der Waals surface area contributed by atoms with Gasteiger partial charge in [0.05, 0.1) is 10.9 Å². The second-order valence-electron chi connectivity index (χ2n) is 9.46. The highest BCUT2D eigenvalue weighted by Gasteiger charge is 2.23. The number of aryl methyl sites for hydroxylation is 3. The normalized spacial score (nSPS) is 13.2. The molecule has 0 saturated carbocycles. The van der Waals surface area contributed by atoms with Gasteiger partial charge in [-0.1, -0.05) is 53.7 Å². The first-order valence-corrected chi connectivity index (χ1v) is 12.6. The van der Waals surface area contributed by atoms with Gasteiger partial charge < -0.3 is 20.1 Å². The molecule has 36 heavy (non-hydrogen) atoms. The van der Waals surface area contributed by atoms with Crippen LogP contribution in [-0.4, -0.2) is 27.2 Å². The number of benzene rings is 2. The van der Waals surface area contributed by atoms with Gasteiger partial charge in [0.15, 0.2) is 0 Å². The highest BCUT2D eigenvalue weighted by molar-refractivity contribution is 6.13. The standard InChI is InChI=1S/C29H29N5O2/c1-18-24(27(33-36-18)19-10-3-2-4-11-19)29(35)31-16-9-17-34-23-15-8-6-13-21(23)25-26(30)20-12-5-7-14-22(20)32-28(25)34/h2-4,6,8,10-11,13,15H,5,7,9,12,14,16-17H2,1H3,(H2,30,32)(H,31,35). The molecular formula is C29H29N5O2. The van der Waals surface area contributed by atoms with Crippen molar-refractivity contribution < 1.29 is 9.32 Å². The fraction of sp³-hybridized carbons (Fsp3) is 0.276. The summed E-state index contributed by atoms with van der Waals surface area (Å²) in [5, 5.41) is 9.39. The summed E-state index contributed by atoms with van der Waals surface area (Å²) in [4.78, 5) is 18.2. The van der Waals surface area contributed by atoms with Crippen LogP contribution < -0.4 is 11.1 Å². The van der Waals surface area contributed by atoms with E-state index in [0.717, 1.165) is 71.1 Å². The Morgan fingerprint density at radius 2 is 1.86 bits per heavy atom. The Morgan fingerprint density at radius 1 is 1.08 bits per heavy atom. The number of fused-ring (bicyclic) bond motifs is 4. The average molecular weight is 480 g/mol. The van der Waals surface area contributed by atoms with E-state index >= 15 is 0 Å². The van der Waals surface area contributed by atoms with E-state index < -0.39 is 0 Å². The molecule has 7 nitrogen and oxygen atoms in total. The topological polar surface area (TPSA) is 99.0 Å². The summed E-state index contributed by atoms with van der Waals surface area (Å²) in [6, 6.07) is 18.0. The third-order valence-corrected chi connectivity index (χ3v) is 7.20. The van der Waals surface area contributed by atoms with Crippen LogP contribution in [0.5, 0.6) is 0 Å². The van der Waals surface area contributed by atoms with Gasteiger partial charge in [-0.2, -0.15) is 0 Å². The van der Waals surface area contributed by atoms with Crippen molar-refractivity contribution in [1.29, 1.82) is 0 Å². The summed E-state index contributed by atoms with van der Waals surface area (Å²) in [5.74, 6) is 0.337. The summed E-state index contributed by atoms with van der Waals surface area (Å²) in [6.07, 6.45) is 5.06. The highest BCUT2D eigenvalue weighted by atomic mass is 16.5. The monoisotopic (exact) mass is 479 g/mol. The minimum atomic E-state index is -0.175. The molecule has 182 valence electrons. The number of hydrogen-bond acceptors (Lipinski definition) is 5. The largest absolute Gasteiger partial charge is 0.398 e. The van der Waals surface area contributed by atoms with Gasteiger partial charge in [-0.25, -0.2) is 4.98 Å². The van der Waals surface area contributed by atoms with Crippen molar-refractivity contribution in [2.75, 3.05) is 12.3 Å². The summed E-state index contributed by atoms with van der Waals surface area (Å²) in [7, 11) is 0. The zero-order chi connectivity index (χ0) is 24.6. The lowest BCUT2D eigenvalue weighted by molar-refractivity contribution is 0.0952. The molecular weight excluding hydrogens is 450 g/mol. The second-order valence-corrected chi connectivity index (χ2v) is 9.46. The number of hydrogen-bond donors (Lipinski definition) is 2. The molecule has 3 aromatic heterocycles. The van der Waals surface area contributed by atoms with Crippen molar-refractivity contribution in [3.63, 3.8) is 0 Å². The van der Waals surface area contributed by atoms with E-state index in [-0.39, 0.29) is 5.91 Å². The van der Waals surface area contributed by atoms with Crippen molar-refractivity contribution in [3.05, 3.63) is 77.2 Å². The Bertz CT molecular complexity index is 1580. The molecule has 0 fully saturated rings. The third kappa shape index (κ3) is 3.71. The van der Waals surface area contributed by atoms with Gasteiger partial charge in [0.25, 0.3) is 5.91 Å². The maximum atomic E-state index is 13.1. The minimum absolute atomic E-state index is 0.175. The SMILES string of the molecule is Cc1onc(-c2ccccc2)c1C(=O)NCCCn1c2ccccc2c2c(N)c3c(nc21)CCCC3. The van der Waals surface area contributed by atoms with Crippen LogP contribution in [0.4, 0.5) is 5.69 Å². The predicted octanol–water partition coefficient (Wildman–Crippen LogP) is 5.43. The second kappa shape index (κ2) is 9.15. The van der Waals surface area contributed by atoms with E-state index in [1.165, 1.54) is 12.0 Å². The summed E-state index contributed by atoms with van der Waals surface area (Å²) >= 11 is 0. The minimum Gasteiger partial charge on any atom is -0.398 e. The Balaban J connectivity index is 1.24. The van der Waals surface area contributed by atoms with Crippen molar-refractivity contribution in [3.8, 4) is 11.3 Å². The maximum Gasteiger partial charge on any atom is 0.257 e. The van der Waals surface area contributed by atoms with Gasteiger partial charge in [-0.15, -0.1) is 0 Å².